The molecule has 1 heterocycles. The van der Waals surface area contributed by atoms with Crippen LogP contribution in [0.1, 0.15) is 5.56 Å². The van der Waals surface area contributed by atoms with Crippen LogP contribution in [0.25, 0.3) is 11.1 Å². The summed E-state index contributed by atoms with van der Waals surface area (Å²) in [6.45, 7) is 0.396. The fourth-order valence-electron chi connectivity index (χ4n) is 1.77. The number of carboxylic acid groups (broad SMARTS) is 1. The quantitative estimate of drug-likeness (QED) is 0.782. The fraction of sp³-hybridized carbons (Fsp3) is 0.143. The van der Waals surface area contributed by atoms with Gasteiger partial charge in [0.05, 0.1) is 0 Å². The first-order chi connectivity index (χ1) is 9.15. The number of carbonyl (C=O) groups is 1. The van der Waals surface area contributed by atoms with E-state index in [1.807, 2.05) is 24.3 Å². The lowest BCUT2D eigenvalue weighted by Crippen LogP contribution is -2.23. The molecular weight excluding hydrogens is 244 g/mol. The molecule has 1 aromatic carbocycles. The van der Waals surface area contributed by atoms with E-state index in [1.165, 1.54) is 6.07 Å². The predicted octanol–water partition coefficient (Wildman–Crippen LogP) is 1.85. The Morgan fingerprint density at radius 2 is 1.79 bits per heavy atom. The molecule has 0 fully saturated rings. The number of hydrogen-bond donors (Lipinski definition) is 3. The largest absolute Gasteiger partial charge is 0.465 e. The average molecular weight is 258 g/mol. The third-order valence-electron chi connectivity index (χ3n) is 2.76. The van der Waals surface area contributed by atoms with Crippen molar-refractivity contribution in [1.82, 2.24) is 10.3 Å². The minimum absolute atomic E-state index is 0.125. The van der Waals surface area contributed by atoms with E-state index in [1.54, 1.807) is 12.3 Å². The van der Waals surface area contributed by atoms with Crippen LogP contribution in [0, 0.1) is 0 Å². The summed E-state index contributed by atoms with van der Waals surface area (Å²) >= 11 is 0. The highest BCUT2D eigenvalue weighted by Crippen LogP contribution is 2.17. The third-order valence-corrected chi connectivity index (χ3v) is 2.76. The van der Waals surface area contributed by atoms with Crippen molar-refractivity contribution in [2.24, 2.45) is 0 Å². The molecule has 0 aliphatic rings. The minimum atomic E-state index is -1.01. The molecule has 1 aromatic heterocycles. The molecule has 19 heavy (non-hydrogen) atoms. The predicted molar refractivity (Wildman–Crippen MR) is 72.2 cm³/mol. The molecule has 2 rings (SSSR count). The molecule has 3 N–H and O–H groups in total. The van der Waals surface area contributed by atoms with E-state index in [2.05, 4.69) is 10.3 Å². The lowest BCUT2D eigenvalue weighted by Gasteiger charge is -2.04. The van der Waals surface area contributed by atoms with Gasteiger partial charge in [-0.3, -0.25) is 4.79 Å². The van der Waals surface area contributed by atoms with Crippen molar-refractivity contribution < 1.29 is 9.90 Å². The number of aromatic nitrogens is 1. The summed E-state index contributed by atoms with van der Waals surface area (Å²) in [4.78, 5) is 23.9. The lowest BCUT2D eigenvalue weighted by molar-refractivity contribution is 0.194. The molecule has 98 valence electrons. The Kier molecular flexibility index (Phi) is 3.97. The van der Waals surface area contributed by atoms with Gasteiger partial charge in [-0.2, -0.15) is 0 Å². The Morgan fingerprint density at radius 1 is 1.11 bits per heavy atom. The molecule has 0 radical (unpaired) electrons. The molecule has 0 aliphatic carbocycles. The van der Waals surface area contributed by atoms with Crippen LogP contribution in [0.15, 0.2) is 47.4 Å². The van der Waals surface area contributed by atoms with E-state index in [0.717, 1.165) is 16.7 Å². The first-order valence-corrected chi connectivity index (χ1v) is 5.90. The van der Waals surface area contributed by atoms with Gasteiger partial charge in [-0.05, 0) is 29.2 Å². The summed E-state index contributed by atoms with van der Waals surface area (Å²) < 4.78 is 0. The van der Waals surface area contributed by atoms with Gasteiger partial charge in [-0.25, -0.2) is 4.79 Å². The maximum atomic E-state index is 11.0. The normalized spacial score (nSPS) is 10.1. The molecule has 0 bridgehead atoms. The van der Waals surface area contributed by atoms with Gasteiger partial charge >= 0.3 is 6.09 Å². The van der Waals surface area contributed by atoms with Crippen LogP contribution in [0.2, 0.25) is 0 Å². The van der Waals surface area contributed by atoms with Crippen LogP contribution in [0.5, 0.6) is 0 Å². The van der Waals surface area contributed by atoms with E-state index >= 15 is 0 Å². The van der Waals surface area contributed by atoms with Gasteiger partial charge < -0.3 is 15.4 Å². The van der Waals surface area contributed by atoms with Gasteiger partial charge in [0.1, 0.15) is 0 Å². The van der Waals surface area contributed by atoms with Gasteiger partial charge in [-0.15, -0.1) is 0 Å². The topological polar surface area (TPSA) is 82.2 Å². The van der Waals surface area contributed by atoms with Crippen molar-refractivity contribution >= 4 is 6.09 Å². The molecule has 0 saturated carbocycles. The zero-order chi connectivity index (χ0) is 13.7. The molecule has 0 saturated heterocycles. The molecule has 0 unspecified atom stereocenters. The number of pyridine rings is 1. The first kappa shape index (κ1) is 12.9. The van der Waals surface area contributed by atoms with Crippen molar-refractivity contribution in [3.8, 4) is 11.1 Å². The maximum Gasteiger partial charge on any atom is 0.404 e. The van der Waals surface area contributed by atoms with Crippen molar-refractivity contribution in [1.29, 1.82) is 0 Å². The lowest BCUT2D eigenvalue weighted by atomic mass is 10.0. The first-order valence-electron chi connectivity index (χ1n) is 5.90. The number of H-pyrrole nitrogens is 1. The smallest absolute Gasteiger partial charge is 0.404 e. The van der Waals surface area contributed by atoms with Crippen LogP contribution < -0.4 is 10.9 Å². The monoisotopic (exact) mass is 258 g/mol. The molecule has 5 heteroatoms. The summed E-state index contributed by atoms with van der Waals surface area (Å²) in [6.07, 6.45) is 1.31. The van der Waals surface area contributed by atoms with Gasteiger partial charge in [0.2, 0.25) is 5.56 Å². The van der Waals surface area contributed by atoms with E-state index in [0.29, 0.717) is 13.0 Å². The van der Waals surface area contributed by atoms with E-state index < -0.39 is 6.09 Å². The van der Waals surface area contributed by atoms with E-state index in [-0.39, 0.29) is 5.56 Å². The zero-order valence-corrected chi connectivity index (χ0v) is 10.2. The summed E-state index contributed by atoms with van der Waals surface area (Å²) in [5, 5.41) is 10.8. The second-order valence-electron chi connectivity index (χ2n) is 4.12. The molecule has 5 nitrogen and oxygen atoms in total. The Labute approximate surface area is 109 Å². The van der Waals surface area contributed by atoms with Gasteiger partial charge in [0.25, 0.3) is 0 Å². The van der Waals surface area contributed by atoms with Gasteiger partial charge in [0.15, 0.2) is 0 Å². The van der Waals surface area contributed by atoms with Crippen molar-refractivity contribution in [2.45, 2.75) is 6.42 Å². The number of amides is 1. The zero-order valence-electron chi connectivity index (χ0n) is 10.2. The third kappa shape index (κ3) is 3.70. The molecule has 1 amide bonds. The standard InChI is InChI=1S/C14H14N2O3/c17-13-6-5-12(9-16-13)11-3-1-10(2-4-11)7-8-15-14(18)19/h1-6,9,15H,7-8H2,(H,16,17)(H,18,19). The Hall–Kier alpha value is -2.56. The second kappa shape index (κ2) is 5.86. The molecule has 0 spiro atoms. The minimum Gasteiger partial charge on any atom is -0.465 e. The van der Waals surface area contributed by atoms with E-state index in [9.17, 15) is 9.59 Å². The van der Waals surface area contributed by atoms with Crippen LogP contribution in [-0.4, -0.2) is 22.7 Å². The average Bonchev–Trinajstić information content (AvgIpc) is 2.40. The molecule has 0 aliphatic heterocycles. The van der Waals surface area contributed by atoms with Crippen LogP contribution in [-0.2, 0) is 6.42 Å². The van der Waals surface area contributed by atoms with Crippen molar-refractivity contribution in [3.63, 3.8) is 0 Å². The maximum absolute atomic E-state index is 11.0. The Balaban J connectivity index is 2.03. The number of rotatable bonds is 4. The summed E-state index contributed by atoms with van der Waals surface area (Å²) in [5.74, 6) is 0. The SMILES string of the molecule is O=C(O)NCCc1ccc(-c2ccc(=O)[nH]c2)cc1. The fourth-order valence-corrected chi connectivity index (χ4v) is 1.77. The van der Waals surface area contributed by atoms with Gasteiger partial charge in [0, 0.05) is 18.8 Å². The Bertz CT molecular complexity index is 597. The number of hydrogen-bond acceptors (Lipinski definition) is 2. The highest BCUT2D eigenvalue weighted by Gasteiger charge is 1.99. The highest BCUT2D eigenvalue weighted by molar-refractivity contribution is 5.64. The number of benzene rings is 1. The van der Waals surface area contributed by atoms with Crippen molar-refractivity contribution in [3.05, 3.63) is 58.5 Å². The molecule has 2 aromatic rings. The highest BCUT2D eigenvalue weighted by atomic mass is 16.4. The summed E-state index contributed by atoms with van der Waals surface area (Å²) in [5.41, 5.74) is 2.88. The summed E-state index contributed by atoms with van der Waals surface area (Å²) in [6, 6.07) is 11.0. The summed E-state index contributed by atoms with van der Waals surface area (Å²) in [7, 11) is 0. The number of nitrogens with one attached hydrogen (secondary N) is 2. The molecule has 0 atom stereocenters. The number of aromatic amines is 1. The van der Waals surface area contributed by atoms with Gasteiger partial charge in [-0.1, -0.05) is 24.3 Å². The van der Waals surface area contributed by atoms with Crippen LogP contribution >= 0.6 is 0 Å². The van der Waals surface area contributed by atoms with Crippen LogP contribution in [0.3, 0.4) is 0 Å². The van der Waals surface area contributed by atoms with Crippen LogP contribution in [0.4, 0.5) is 4.79 Å². The van der Waals surface area contributed by atoms with Crippen molar-refractivity contribution in [2.75, 3.05) is 6.54 Å². The molecular formula is C14H14N2O3. The Morgan fingerprint density at radius 3 is 2.37 bits per heavy atom. The van der Waals surface area contributed by atoms with E-state index in [4.69, 9.17) is 5.11 Å². The second-order valence-corrected chi connectivity index (χ2v) is 4.12.